The minimum absolute atomic E-state index is 0.350. The summed E-state index contributed by atoms with van der Waals surface area (Å²) in [6.45, 7) is 4.39. The highest BCUT2D eigenvalue weighted by molar-refractivity contribution is 6.00. The lowest BCUT2D eigenvalue weighted by molar-refractivity contribution is 0.262. The molecule has 0 spiro atoms. The molecule has 7 heteroatoms. The lowest BCUT2D eigenvalue weighted by Crippen LogP contribution is -2.19. The zero-order chi connectivity index (χ0) is 19.9. The van der Waals surface area contributed by atoms with Gasteiger partial charge in [-0.1, -0.05) is 18.2 Å². The fraction of sp³-hybridized carbons (Fsp3) is 0.190. The van der Waals surface area contributed by atoms with Gasteiger partial charge in [-0.3, -0.25) is 0 Å². The molecule has 0 saturated heterocycles. The third kappa shape index (κ3) is 4.76. The fourth-order valence-electron chi connectivity index (χ4n) is 2.63. The number of aromatic nitrogens is 2. The predicted octanol–water partition coefficient (Wildman–Crippen LogP) is 4.50. The second-order valence-corrected chi connectivity index (χ2v) is 6.05. The molecular weight excluding hydrogens is 356 g/mol. The van der Waals surface area contributed by atoms with E-state index in [0.29, 0.717) is 29.6 Å². The number of hydrogen-bond acceptors (Lipinski definition) is 5. The fourth-order valence-corrected chi connectivity index (χ4v) is 2.63. The maximum Gasteiger partial charge on any atom is 0.323 e. The molecule has 1 heterocycles. The van der Waals surface area contributed by atoms with Gasteiger partial charge in [0.2, 0.25) is 5.88 Å². The van der Waals surface area contributed by atoms with Crippen molar-refractivity contribution < 1.29 is 14.3 Å². The van der Waals surface area contributed by atoms with Crippen LogP contribution in [0.3, 0.4) is 0 Å². The monoisotopic (exact) mass is 378 g/mol. The van der Waals surface area contributed by atoms with Gasteiger partial charge in [-0.05, 0) is 49.7 Å². The molecule has 28 heavy (non-hydrogen) atoms. The van der Waals surface area contributed by atoms with Gasteiger partial charge in [0.15, 0.2) is 0 Å². The summed E-state index contributed by atoms with van der Waals surface area (Å²) in [5.41, 5.74) is 3.91. The van der Waals surface area contributed by atoms with Gasteiger partial charge in [-0.25, -0.2) is 4.79 Å². The van der Waals surface area contributed by atoms with Gasteiger partial charge in [-0.2, -0.15) is 0 Å². The number of nitrogens with one attached hydrogen (secondary N) is 2. The zero-order valence-corrected chi connectivity index (χ0v) is 16.0. The summed E-state index contributed by atoms with van der Waals surface area (Å²) in [7, 11) is 1.57. The Labute approximate surface area is 163 Å². The summed E-state index contributed by atoms with van der Waals surface area (Å²) in [5, 5.41) is 13.8. The van der Waals surface area contributed by atoms with Crippen molar-refractivity contribution in [2.45, 2.75) is 13.8 Å². The molecule has 0 bridgehead atoms. The normalized spacial score (nSPS) is 10.2. The van der Waals surface area contributed by atoms with E-state index in [9.17, 15) is 4.79 Å². The summed E-state index contributed by atoms with van der Waals surface area (Å²) in [6.07, 6.45) is 0. The Morgan fingerprint density at radius 1 is 1.00 bits per heavy atom. The summed E-state index contributed by atoms with van der Waals surface area (Å²) in [5.74, 6) is 1.10. The Kier molecular flexibility index (Phi) is 6.06. The van der Waals surface area contributed by atoms with Crippen LogP contribution in [-0.4, -0.2) is 29.9 Å². The van der Waals surface area contributed by atoms with Gasteiger partial charge < -0.3 is 20.1 Å². The van der Waals surface area contributed by atoms with E-state index in [0.717, 1.165) is 16.8 Å². The molecular formula is C21H22N4O3. The molecule has 2 aromatic carbocycles. The van der Waals surface area contributed by atoms with E-state index in [-0.39, 0.29) is 6.03 Å². The van der Waals surface area contributed by atoms with Crippen molar-refractivity contribution in [3.8, 4) is 22.9 Å². The summed E-state index contributed by atoms with van der Waals surface area (Å²) < 4.78 is 10.6. The summed E-state index contributed by atoms with van der Waals surface area (Å²) >= 11 is 0. The van der Waals surface area contributed by atoms with Crippen molar-refractivity contribution >= 4 is 17.4 Å². The minimum atomic E-state index is -0.350. The molecule has 7 nitrogen and oxygen atoms in total. The number of urea groups is 1. The number of amides is 2. The van der Waals surface area contributed by atoms with E-state index in [1.165, 1.54) is 0 Å². The first-order chi connectivity index (χ1) is 13.6. The molecule has 3 aromatic rings. The maximum atomic E-state index is 12.3. The first-order valence-corrected chi connectivity index (χ1v) is 8.88. The Morgan fingerprint density at radius 3 is 2.43 bits per heavy atom. The first kappa shape index (κ1) is 19.2. The largest absolute Gasteiger partial charge is 0.495 e. The molecule has 0 aliphatic rings. The molecule has 0 aliphatic heterocycles. The molecule has 2 N–H and O–H groups in total. The number of methoxy groups -OCH3 is 1. The topological polar surface area (TPSA) is 85.4 Å². The molecule has 0 aliphatic carbocycles. The number of ether oxygens (including phenoxy) is 2. The number of benzene rings is 2. The van der Waals surface area contributed by atoms with Crippen molar-refractivity contribution in [2.24, 2.45) is 0 Å². The second-order valence-electron chi connectivity index (χ2n) is 6.05. The van der Waals surface area contributed by atoms with Crippen molar-refractivity contribution in [1.82, 2.24) is 10.2 Å². The maximum absolute atomic E-state index is 12.3. The van der Waals surface area contributed by atoms with Crippen LogP contribution in [0.1, 0.15) is 12.5 Å². The number of carbonyl (C=O) groups excluding carboxylic acids is 1. The quantitative estimate of drug-likeness (QED) is 0.659. The van der Waals surface area contributed by atoms with Crippen molar-refractivity contribution in [2.75, 3.05) is 24.4 Å². The highest BCUT2D eigenvalue weighted by Crippen LogP contribution is 2.25. The van der Waals surface area contributed by atoms with Gasteiger partial charge in [-0.15, -0.1) is 10.2 Å². The number of aryl methyl sites for hydroxylation is 1. The van der Waals surface area contributed by atoms with Crippen LogP contribution < -0.4 is 20.1 Å². The number of hydrogen-bond donors (Lipinski definition) is 2. The van der Waals surface area contributed by atoms with E-state index in [1.54, 1.807) is 25.3 Å². The van der Waals surface area contributed by atoms with Crippen LogP contribution in [0.15, 0.2) is 54.6 Å². The molecule has 0 atom stereocenters. The number of rotatable bonds is 6. The molecule has 0 radical (unpaired) electrons. The Morgan fingerprint density at radius 2 is 1.79 bits per heavy atom. The summed E-state index contributed by atoms with van der Waals surface area (Å²) in [4.78, 5) is 12.3. The van der Waals surface area contributed by atoms with Gasteiger partial charge in [0.05, 0.1) is 25.1 Å². The Balaban J connectivity index is 1.65. The van der Waals surface area contributed by atoms with Crippen LogP contribution in [0.5, 0.6) is 11.6 Å². The van der Waals surface area contributed by atoms with Gasteiger partial charge in [0.25, 0.3) is 0 Å². The zero-order valence-electron chi connectivity index (χ0n) is 16.0. The molecule has 2 amide bonds. The van der Waals surface area contributed by atoms with Crippen molar-refractivity contribution in [1.29, 1.82) is 0 Å². The Bertz CT molecular complexity index is 941. The highest BCUT2D eigenvalue weighted by Gasteiger charge is 2.09. The molecule has 0 saturated carbocycles. The van der Waals surface area contributed by atoms with Crippen LogP contribution in [0.4, 0.5) is 16.2 Å². The Hall–Kier alpha value is -3.61. The number of carbonyl (C=O) groups is 1. The SMILES string of the molecule is CCOc1ccc(-c2ccc(NC(=O)Nc3cc(C)ccc3OC)cc2)nn1. The van der Waals surface area contributed by atoms with Crippen LogP contribution in [0.25, 0.3) is 11.3 Å². The third-order valence-corrected chi connectivity index (χ3v) is 3.97. The first-order valence-electron chi connectivity index (χ1n) is 8.88. The lowest BCUT2D eigenvalue weighted by atomic mass is 10.1. The third-order valence-electron chi connectivity index (χ3n) is 3.97. The number of anilines is 2. The second kappa shape index (κ2) is 8.85. The average Bonchev–Trinajstić information content (AvgIpc) is 2.70. The molecule has 0 fully saturated rings. The van der Waals surface area contributed by atoms with Crippen LogP contribution in [0, 0.1) is 6.92 Å². The molecule has 3 rings (SSSR count). The van der Waals surface area contributed by atoms with E-state index in [4.69, 9.17) is 9.47 Å². The smallest absolute Gasteiger partial charge is 0.323 e. The molecule has 0 unspecified atom stereocenters. The highest BCUT2D eigenvalue weighted by atomic mass is 16.5. The standard InChI is InChI=1S/C21H22N4O3/c1-4-28-20-12-10-17(24-25-20)15-6-8-16(9-7-15)22-21(26)23-18-13-14(2)5-11-19(18)27-3/h5-13H,4H2,1-3H3,(H2,22,23,26). The minimum Gasteiger partial charge on any atom is -0.495 e. The van der Waals surface area contributed by atoms with Gasteiger partial charge in [0.1, 0.15) is 5.75 Å². The van der Waals surface area contributed by atoms with E-state index in [1.807, 2.05) is 50.2 Å². The van der Waals surface area contributed by atoms with Crippen molar-refractivity contribution in [3.05, 3.63) is 60.2 Å². The number of nitrogens with zero attached hydrogens (tertiary/aromatic N) is 2. The summed E-state index contributed by atoms with van der Waals surface area (Å²) in [6, 6.07) is 16.2. The van der Waals surface area contributed by atoms with Crippen molar-refractivity contribution in [3.63, 3.8) is 0 Å². The van der Waals surface area contributed by atoms with Crippen LogP contribution in [-0.2, 0) is 0 Å². The predicted molar refractivity (Wildman–Crippen MR) is 109 cm³/mol. The van der Waals surface area contributed by atoms with Gasteiger partial charge >= 0.3 is 6.03 Å². The molecule has 1 aromatic heterocycles. The van der Waals surface area contributed by atoms with E-state index < -0.39 is 0 Å². The molecule has 144 valence electrons. The average molecular weight is 378 g/mol. The van der Waals surface area contributed by atoms with Crippen LogP contribution in [0.2, 0.25) is 0 Å². The van der Waals surface area contributed by atoms with Crippen LogP contribution >= 0.6 is 0 Å². The lowest BCUT2D eigenvalue weighted by Gasteiger charge is -2.12. The van der Waals surface area contributed by atoms with E-state index >= 15 is 0 Å². The van der Waals surface area contributed by atoms with E-state index in [2.05, 4.69) is 20.8 Å². The van der Waals surface area contributed by atoms with Gasteiger partial charge in [0, 0.05) is 17.3 Å².